The third-order valence-electron chi connectivity index (χ3n) is 4.68. The summed E-state index contributed by atoms with van der Waals surface area (Å²) in [5.74, 6) is -2.16. The molecule has 0 spiro atoms. The zero-order chi connectivity index (χ0) is 17.3. The molecular weight excluding hydrogens is 308 g/mol. The van der Waals surface area contributed by atoms with Gasteiger partial charge in [-0.3, -0.25) is 10.2 Å². The number of fused-ring (bicyclic) bond motifs is 1. The number of ketones is 1. The molecular formula is C18H20N2O4. The number of nitrogens with one attached hydrogen (secondary N) is 1. The zero-order valence-corrected chi connectivity index (χ0v) is 13.1. The van der Waals surface area contributed by atoms with Crippen molar-refractivity contribution in [2.24, 2.45) is 11.7 Å². The van der Waals surface area contributed by atoms with E-state index in [1.165, 1.54) is 0 Å². The number of benzene rings is 1. The summed E-state index contributed by atoms with van der Waals surface area (Å²) >= 11 is 0. The SMILES string of the molecule is N=C(OCc1ccccc1)C1=C(O)[C@@H](N)[C@@H]2CC=CC[C@]2(O)C1=O. The molecule has 0 heterocycles. The van der Waals surface area contributed by atoms with Gasteiger partial charge in [0.25, 0.3) is 0 Å². The standard InChI is InChI=1S/C18H20N2O4/c19-14-12-8-4-5-9-18(12,23)16(22)13(15(14)21)17(20)24-10-11-6-2-1-3-7-11/h1-7,12,14,20-21,23H,8-10,19H2/t12-,14-,18+/m0/s1. The van der Waals surface area contributed by atoms with E-state index in [2.05, 4.69) is 0 Å². The highest BCUT2D eigenvalue weighted by Crippen LogP contribution is 2.40. The summed E-state index contributed by atoms with van der Waals surface area (Å²) in [5.41, 5.74) is 4.81. The molecule has 0 bridgehead atoms. The lowest BCUT2D eigenvalue weighted by molar-refractivity contribution is -0.142. The quantitative estimate of drug-likeness (QED) is 0.382. The molecule has 3 rings (SSSR count). The average Bonchev–Trinajstić information content (AvgIpc) is 2.59. The molecule has 0 aromatic heterocycles. The number of hydrogen-bond donors (Lipinski definition) is 4. The smallest absolute Gasteiger partial charge is 0.220 e. The summed E-state index contributed by atoms with van der Waals surface area (Å²) in [5, 5.41) is 29.1. The number of rotatable bonds is 3. The van der Waals surface area contributed by atoms with E-state index in [1.54, 1.807) is 6.08 Å². The van der Waals surface area contributed by atoms with Crippen LogP contribution in [0.1, 0.15) is 18.4 Å². The first-order chi connectivity index (χ1) is 11.4. The van der Waals surface area contributed by atoms with Gasteiger partial charge in [-0.2, -0.15) is 0 Å². The second-order valence-electron chi connectivity index (χ2n) is 6.16. The summed E-state index contributed by atoms with van der Waals surface area (Å²) in [6, 6.07) is 8.27. The highest BCUT2D eigenvalue weighted by atomic mass is 16.5. The molecule has 0 aliphatic heterocycles. The summed E-state index contributed by atoms with van der Waals surface area (Å²) in [4.78, 5) is 12.7. The van der Waals surface area contributed by atoms with E-state index in [0.717, 1.165) is 5.56 Å². The molecule has 0 saturated heterocycles. The van der Waals surface area contributed by atoms with Crippen LogP contribution in [-0.2, 0) is 16.1 Å². The van der Waals surface area contributed by atoms with Crippen molar-refractivity contribution < 1.29 is 19.7 Å². The van der Waals surface area contributed by atoms with Crippen LogP contribution in [0.2, 0.25) is 0 Å². The molecule has 2 aliphatic carbocycles. The van der Waals surface area contributed by atoms with Gasteiger partial charge in [0, 0.05) is 12.3 Å². The monoisotopic (exact) mass is 328 g/mol. The predicted molar refractivity (Wildman–Crippen MR) is 88.4 cm³/mol. The molecule has 6 heteroatoms. The fourth-order valence-corrected chi connectivity index (χ4v) is 3.27. The third kappa shape index (κ3) is 2.64. The Balaban J connectivity index is 1.84. The Morgan fingerprint density at radius 3 is 2.75 bits per heavy atom. The molecule has 1 aromatic rings. The Bertz CT molecular complexity index is 726. The minimum absolute atomic E-state index is 0.0841. The third-order valence-corrected chi connectivity index (χ3v) is 4.68. The van der Waals surface area contributed by atoms with Crippen molar-refractivity contribution in [2.75, 3.05) is 0 Å². The van der Waals surface area contributed by atoms with Gasteiger partial charge >= 0.3 is 0 Å². The van der Waals surface area contributed by atoms with Gasteiger partial charge in [0.15, 0.2) is 0 Å². The number of aliphatic hydroxyl groups excluding tert-OH is 1. The molecule has 126 valence electrons. The minimum atomic E-state index is -1.70. The summed E-state index contributed by atoms with van der Waals surface area (Å²) in [7, 11) is 0. The molecule has 3 atom stereocenters. The van der Waals surface area contributed by atoms with Crippen LogP contribution in [0.25, 0.3) is 0 Å². The first kappa shape index (κ1) is 16.4. The first-order valence-electron chi connectivity index (χ1n) is 7.81. The zero-order valence-electron chi connectivity index (χ0n) is 13.1. The van der Waals surface area contributed by atoms with Crippen molar-refractivity contribution in [1.29, 1.82) is 5.41 Å². The Hall–Kier alpha value is -2.44. The normalized spacial score (nSPS) is 29.3. The molecule has 0 fully saturated rings. The predicted octanol–water partition coefficient (Wildman–Crippen LogP) is 1.60. The van der Waals surface area contributed by atoms with Crippen LogP contribution in [0.4, 0.5) is 0 Å². The summed E-state index contributed by atoms with van der Waals surface area (Å²) < 4.78 is 5.34. The number of carbonyl (C=O) groups is 1. The molecule has 1 aromatic carbocycles. The highest BCUT2D eigenvalue weighted by molar-refractivity contribution is 6.22. The highest BCUT2D eigenvalue weighted by Gasteiger charge is 2.54. The van der Waals surface area contributed by atoms with Crippen molar-refractivity contribution in [1.82, 2.24) is 0 Å². The first-order valence-corrected chi connectivity index (χ1v) is 7.81. The second kappa shape index (κ2) is 6.22. The van der Waals surface area contributed by atoms with E-state index in [0.29, 0.717) is 6.42 Å². The number of ether oxygens (including phenoxy) is 1. The van der Waals surface area contributed by atoms with Crippen LogP contribution in [-0.4, -0.2) is 33.5 Å². The van der Waals surface area contributed by atoms with Crippen LogP contribution in [0.3, 0.4) is 0 Å². The van der Waals surface area contributed by atoms with Gasteiger partial charge in [0.1, 0.15) is 23.5 Å². The van der Waals surface area contributed by atoms with E-state index in [9.17, 15) is 15.0 Å². The Kier molecular flexibility index (Phi) is 4.26. The van der Waals surface area contributed by atoms with Crippen molar-refractivity contribution in [3.05, 3.63) is 59.4 Å². The molecule has 5 N–H and O–H groups in total. The summed E-state index contributed by atoms with van der Waals surface area (Å²) in [6.07, 6.45) is 4.07. The Morgan fingerprint density at radius 2 is 2.04 bits per heavy atom. The topological polar surface area (TPSA) is 117 Å². The minimum Gasteiger partial charge on any atom is -0.510 e. The Labute approximate surface area is 139 Å². The van der Waals surface area contributed by atoms with Gasteiger partial charge in [-0.25, -0.2) is 0 Å². The van der Waals surface area contributed by atoms with Crippen LogP contribution in [0.5, 0.6) is 0 Å². The summed E-state index contributed by atoms with van der Waals surface area (Å²) in [6.45, 7) is 0.0841. The lowest BCUT2D eigenvalue weighted by Gasteiger charge is -2.43. The number of hydrogen-bond acceptors (Lipinski definition) is 6. The van der Waals surface area contributed by atoms with Crippen LogP contribution in [0, 0.1) is 11.3 Å². The van der Waals surface area contributed by atoms with Gasteiger partial charge in [-0.1, -0.05) is 42.5 Å². The Morgan fingerprint density at radius 1 is 1.33 bits per heavy atom. The van der Waals surface area contributed by atoms with E-state index >= 15 is 0 Å². The van der Waals surface area contributed by atoms with Gasteiger partial charge < -0.3 is 20.7 Å². The lowest BCUT2D eigenvalue weighted by atomic mass is 9.66. The maximum absolute atomic E-state index is 12.7. The number of aliphatic hydroxyl groups is 2. The average molecular weight is 328 g/mol. The van der Waals surface area contributed by atoms with E-state index in [4.69, 9.17) is 15.9 Å². The van der Waals surface area contributed by atoms with Gasteiger partial charge in [0.2, 0.25) is 11.7 Å². The molecule has 0 radical (unpaired) electrons. The van der Waals surface area contributed by atoms with Crippen LogP contribution in [0.15, 0.2) is 53.8 Å². The van der Waals surface area contributed by atoms with E-state index in [1.807, 2.05) is 36.4 Å². The number of allylic oxidation sites excluding steroid dienone is 1. The van der Waals surface area contributed by atoms with Gasteiger partial charge in [-0.05, 0) is 12.0 Å². The molecule has 0 unspecified atom stereocenters. The second-order valence-corrected chi connectivity index (χ2v) is 6.16. The molecule has 2 aliphatic rings. The molecule has 0 amide bonds. The number of carbonyl (C=O) groups excluding carboxylic acids is 1. The van der Waals surface area contributed by atoms with Crippen molar-refractivity contribution in [3.63, 3.8) is 0 Å². The number of Topliss-reactive ketones (excluding diaryl/α,β-unsaturated/α-hetero) is 1. The molecule has 6 nitrogen and oxygen atoms in total. The fourth-order valence-electron chi connectivity index (χ4n) is 3.27. The van der Waals surface area contributed by atoms with Crippen molar-refractivity contribution >= 4 is 11.7 Å². The molecule has 24 heavy (non-hydrogen) atoms. The van der Waals surface area contributed by atoms with Gasteiger partial charge in [-0.15, -0.1) is 0 Å². The lowest BCUT2D eigenvalue weighted by Crippen LogP contribution is -2.59. The van der Waals surface area contributed by atoms with Gasteiger partial charge in [0.05, 0.1) is 6.04 Å². The maximum atomic E-state index is 12.7. The molecule has 0 saturated carbocycles. The van der Waals surface area contributed by atoms with Crippen molar-refractivity contribution in [2.45, 2.75) is 31.1 Å². The van der Waals surface area contributed by atoms with E-state index < -0.39 is 29.2 Å². The maximum Gasteiger partial charge on any atom is 0.220 e. The van der Waals surface area contributed by atoms with Crippen LogP contribution >= 0.6 is 0 Å². The van der Waals surface area contributed by atoms with E-state index in [-0.39, 0.29) is 24.4 Å². The fraction of sp³-hybridized carbons (Fsp3) is 0.333. The number of nitrogens with two attached hydrogens (primary N) is 1. The largest absolute Gasteiger partial charge is 0.510 e. The van der Waals surface area contributed by atoms with Crippen LogP contribution < -0.4 is 5.73 Å². The van der Waals surface area contributed by atoms with Crippen molar-refractivity contribution in [3.8, 4) is 0 Å².